The average molecular weight is 504 g/mol. The highest BCUT2D eigenvalue weighted by Gasteiger charge is 2.13. The quantitative estimate of drug-likeness (QED) is 0.106. The van der Waals surface area contributed by atoms with Crippen molar-refractivity contribution in [3.8, 4) is 5.75 Å². The highest BCUT2D eigenvalue weighted by Crippen LogP contribution is 2.37. The third-order valence-corrected chi connectivity index (χ3v) is 5.41. The van der Waals surface area contributed by atoms with E-state index in [0.29, 0.717) is 38.2 Å². The minimum Gasteiger partial charge on any atom is -0.756 e. The summed E-state index contributed by atoms with van der Waals surface area (Å²) >= 11 is 0. The van der Waals surface area contributed by atoms with Gasteiger partial charge in [0.2, 0.25) is 0 Å². The first kappa shape index (κ1) is 30.0. The van der Waals surface area contributed by atoms with E-state index in [9.17, 15) is 19.0 Å². The summed E-state index contributed by atoms with van der Waals surface area (Å²) in [6.07, 6.45) is 2.93. The Hall–Kier alpha value is -2.01. The minimum atomic E-state index is -4.42. The summed E-state index contributed by atoms with van der Waals surface area (Å²) in [7, 11) is -4.42. The third-order valence-electron chi connectivity index (χ3n) is 4.48. The van der Waals surface area contributed by atoms with Crippen LogP contribution in [-0.4, -0.2) is 50.3 Å². The molecule has 0 fully saturated rings. The zero-order valence-corrected chi connectivity index (χ0v) is 20.9. The first-order chi connectivity index (χ1) is 16.2. The molecule has 0 aliphatic heterocycles. The molecule has 0 aromatic heterocycles. The molecule has 0 bridgehead atoms. The number of rotatable bonds is 17. The highest BCUT2D eigenvalue weighted by atomic mass is 31.2. The molecule has 0 saturated carbocycles. The van der Waals surface area contributed by atoms with Crippen LogP contribution in [0.1, 0.15) is 55.7 Å². The number of hydrogen-bond donors (Lipinski definition) is 2. The van der Waals surface area contributed by atoms with Crippen molar-refractivity contribution in [1.82, 2.24) is 5.32 Å². The first-order valence-corrected chi connectivity index (χ1v) is 12.6. The van der Waals surface area contributed by atoms with Gasteiger partial charge in [-0.05, 0) is 61.9 Å². The van der Waals surface area contributed by atoms with Crippen LogP contribution >= 0.6 is 7.82 Å². The van der Waals surface area contributed by atoms with Crippen LogP contribution in [0.2, 0.25) is 0 Å². The molecule has 1 aromatic carbocycles. The van der Waals surface area contributed by atoms with Gasteiger partial charge < -0.3 is 34.1 Å². The smallest absolute Gasteiger partial charge is 0.407 e. The maximum atomic E-state index is 11.9. The Morgan fingerprint density at radius 2 is 1.74 bits per heavy atom. The molecule has 1 aromatic rings. The van der Waals surface area contributed by atoms with Crippen molar-refractivity contribution in [2.45, 2.75) is 59.5 Å². The van der Waals surface area contributed by atoms with E-state index < -0.39 is 26.7 Å². The molecule has 0 saturated heterocycles. The summed E-state index contributed by atoms with van der Waals surface area (Å²) in [5.74, 6) is 0.0133. The normalized spacial score (nSPS) is 12.7. The van der Waals surface area contributed by atoms with Crippen molar-refractivity contribution in [3.63, 3.8) is 0 Å². The molecule has 0 aliphatic rings. The number of benzene rings is 1. The van der Waals surface area contributed by atoms with Crippen LogP contribution in [0.15, 0.2) is 12.1 Å². The van der Waals surface area contributed by atoms with Crippen LogP contribution in [-0.2, 0) is 34.5 Å². The fourth-order valence-corrected chi connectivity index (χ4v) is 3.55. The molecular formula is C22H35NO10P-. The van der Waals surface area contributed by atoms with Crippen molar-refractivity contribution in [1.29, 1.82) is 0 Å². The summed E-state index contributed by atoms with van der Waals surface area (Å²) in [6, 6.07) is 3.59. The number of aliphatic hydroxyl groups excluding tert-OH is 1. The maximum Gasteiger partial charge on any atom is 0.407 e. The van der Waals surface area contributed by atoms with Gasteiger partial charge in [-0.2, -0.15) is 0 Å². The van der Waals surface area contributed by atoms with Gasteiger partial charge in [-0.1, -0.05) is 19.8 Å². The largest absolute Gasteiger partial charge is 0.756 e. The van der Waals surface area contributed by atoms with Crippen molar-refractivity contribution in [3.05, 3.63) is 28.8 Å². The lowest BCUT2D eigenvalue weighted by atomic mass is 10.1. The van der Waals surface area contributed by atoms with E-state index in [1.54, 1.807) is 12.1 Å². The molecule has 0 spiro atoms. The SMILES string of the molecule is CCCOCC(=O)Oc1c(C)cc(COC(=O)NCCCCCCOP(=O)([O-])OCO)cc1C. The van der Waals surface area contributed by atoms with Crippen LogP contribution in [0.5, 0.6) is 5.75 Å². The number of esters is 1. The number of phosphoric ester groups is 1. The van der Waals surface area contributed by atoms with Crippen LogP contribution < -0.4 is 14.9 Å². The fraction of sp³-hybridized carbons (Fsp3) is 0.636. The van der Waals surface area contributed by atoms with Gasteiger partial charge in [-0.25, -0.2) is 9.59 Å². The lowest BCUT2D eigenvalue weighted by Gasteiger charge is -2.20. The van der Waals surface area contributed by atoms with E-state index in [4.69, 9.17) is 19.3 Å². The van der Waals surface area contributed by atoms with Crippen molar-refractivity contribution in [2.24, 2.45) is 0 Å². The van der Waals surface area contributed by atoms with Gasteiger partial charge in [0.15, 0.2) is 6.79 Å². The molecule has 12 heteroatoms. The second-order valence-electron chi connectivity index (χ2n) is 7.54. The Morgan fingerprint density at radius 1 is 1.06 bits per heavy atom. The van der Waals surface area contributed by atoms with Crippen LogP contribution in [0.25, 0.3) is 0 Å². The van der Waals surface area contributed by atoms with E-state index in [1.165, 1.54) is 0 Å². The molecule has 0 aliphatic carbocycles. The topological polar surface area (TPSA) is 153 Å². The predicted molar refractivity (Wildman–Crippen MR) is 121 cm³/mol. The zero-order valence-electron chi connectivity index (χ0n) is 20.0. The van der Waals surface area contributed by atoms with Gasteiger partial charge in [0.05, 0.1) is 6.61 Å². The Labute approximate surface area is 200 Å². The highest BCUT2D eigenvalue weighted by molar-refractivity contribution is 7.45. The molecule has 0 heterocycles. The van der Waals surface area contributed by atoms with E-state index in [2.05, 4.69) is 14.4 Å². The molecule has 2 N–H and O–H groups in total. The molecule has 1 amide bonds. The van der Waals surface area contributed by atoms with Gasteiger partial charge in [0.1, 0.15) is 19.0 Å². The first-order valence-electron chi connectivity index (χ1n) is 11.2. The molecule has 1 unspecified atom stereocenters. The summed E-state index contributed by atoms with van der Waals surface area (Å²) in [6.45, 7) is 5.49. The molecule has 1 rings (SSSR count). The van der Waals surface area contributed by atoms with Crippen molar-refractivity contribution in [2.75, 3.05) is 33.2 Å². The number of unbranched alkanes of at least 4 members (excludes halogenated alkanes) is 3. The van der Waals surface area contributed by atoms with E-state index in [-0.39, 0.29) is 19.8 Å². The van der Waals surface area contributed by atoms with E-state index in [0.717, 1.165) is 29.5 Å². The van der Waals surface area contributed by atoms with E-state index >= 15 is 0 Å². The van der Waals surface area contributed by atoms with Gasteiger partial charge >= 0.3 is 12.1 Å². The van der Waals surface area contributed by atoms with Crippen LogP contribution in [0.3, 0.4) is 0 Å². The maximum absolute atomic E-state index is 11.9. The predicted octanol–water partition coefficient (Wildman–Crippen LogP) is 2.87. The zero-order chi connectivity index (χ0) is 25.4. The Morgan fingerprint density at radius 3 is 2.38 bits per heavy atom. The van der Waals surface area contributed by atoms with Gasteiger partial charge in [0, 0.05) is 13.2 Å². The number of hydrogen-bond acceptors (Lipinski definition) is 10. The molecular weight excluding hydrogens is 469 g/mol. The standard InChI is InChI=1S/C22H36NO10P/c1-4-10-29-15-20(25)33-21-17(2)12-19(13-18(21)3)14-30-22(26)23-9-7-5-6-8-11-31-34(27,28)32-16-24/h12-13,24H,4-11,14-16H2,1-3H3,(H,23,26)(H,27,28)/p-1. The number of aryl methyl sites for hydroxylation is 2. The second-order valence-corrected chi connectivity index (χ2v) is 8.95. The summed E-state index contributed by atoms with van der Waals surface area (Å²) in [4.78, 5) is 34.9. The lowest BCUT2D eigenvalue weighted by molar-refractivity contribution is -0.230. The number of aliphatic hydroxyl groups is 1. The number of carbonyl (C=O) groups excluding carboxylic acids is 2. The van der Waals surface area contributed by atoms with E-state index in [1.807, 2.05) is 20.8 Å². The second kappa shape index (κ2) is 16.6. The molecule has 11 nitrogen and oxygen atoms in total. The fourth-order valence-electron chi connectivity index (χ4n) is 2.98. The average Bonchev–Trinajstić information content (AvgIpc) is 2.76. The van der Waals surface area contributed by atoms with Crippen LogP contribution in [0.4, 0.5) is 4.79 Å². The number of phosphoric acid groups is 1. The number of amides is 1. The minimum absolute atomic E-state index is 0.0281. The van der Waals surface area contributed by atoms with Crippen LogP contribution in [0, 0.1) is 13.8 Å². The lowest BCUT2D eigenvalue weighted by Crippen LogP contribution is -2.25. The number of ether oxygens (including phenoxy) is 3. The number of nitrogens with one attached hydrogen (secondary N) is 1. The van der Waals surface area contributed by atoms with Gasteiger partial charge in [-0.3, -0.25) is 9.09 Å². The number of alkyl carbamates (subject to hydrolysis) is 1. The Kier molecular flexibility index (Phi) is 14.6. The van der Waals surface area contributed by atoms with Crippen molar-refractivity contribution >= 4 is 19.9 Å². The van der Waals surface area contributed by atoms with Gasteiger partial charge in [0.25, 0.3) is 7.82 Å². The molecule has 34 heavy (non-hydrogen) atoms. The Bertz CT molecular complexity index is 794. The summed E-state index contributed by atoms with van der Waals surface area (Å²) in [5.41, 5.74) is 2.28. The molecule has 194 valence electrons. The van der Waals surface area contributed by atoms with Gasteiger partial charge in [-0.15, -0.1) is 0 Å². The molecule has 0 radical (unpaired) electrons. The molecule has 1 atom stereocenters. The monoisotopic (exact) mass is 504 g/mol. The Balaban J connectivity index is 2.26. The summed E-state index contributed by atoms with van der Waals surface area (Å²) in [5, 5.41) is 11.1. The third kappa shape index (κ3) is 13.0. The van der Waals surface area contributed by atoms with Crippen molar-refractivity contribution < 1.29 is 47.4 Å². The summed E-state index contributed by atoms with van der Waals surface area (Å²) < 4.78 is 35.5. The number of carbonyl (C=O) groups is 2.